The van der Waals surface area contributed by atoms with E-state index in [2.05, 4.69) is 5.32 Å². The van der Waals surface area contributed by atoms with Crippen LogP contribution >= 0.6 is 34.5 Å². The average Bonchev–Trinajstić information content (AvgIpc) is 3.09. The minimum absolute atomic E-state index is 0.0557. The Morgan fingerprint density at radius 3 is 2.28 bits per heavy atom. The van der Waals surface area contributed by atoms with E-state index in [0.29, 0.717) is 28.7 Å². The van der Waals surface area contributed by atoms with Crippen molar-refractivity contribution in [1.82, 2.24) is 9.21 Å². The Hall–Kier alpha value is -1.65. The van der Waals surface area contributed by atoms with Gasteiger partial charge in [-0.15, -0.1) is 11.3 Å². The second-order valence-corrected chi connectivity index (χ2v) is 10.4. The van der Waals surface area contributed by atoms with Gasteiger partial charge in [-0.05, 0) is 44.2 Å². The van der Waals surface area contributed by atoms with E-state index in [0.717, 1.165) is 15.6 Å². The highest BCUT2D eigenvalue weighted by atomic mass is 35.5. The molecule has 11 heteroatoms. The number of benzene rings is 1. The largest absolute Gasteiger partial charge is 0.339 e. The lowest BCUT2D eigenvalue weighted by Gasteiger charge is -2.19. The summed E-state index contributed by atoms with van der Waals surface area (Å²) in [6, 6.07) is 7.42. The first kappa shape index (κ1) is 23.6. The monoisotopic (exact) mass is 477 g/mol. The molecule has 0 aliphatic carbocycles. The number of nitrogens with zero attached hydrogens (tertiary/aromatic N) is 2. The summed E-state index contributed by atoms with van der Waals surface area (Å²) in [4.78, 5) is 26.3. The molecular formula is C18H21Cl2N3O4S2. The number of amides is 2. The van der Waals surface area contributed by atoms with E-state index in [1.165, 1.54) is 31.3 Å². The van der Waals surface area contributed by atoms with Crippen molar-refractivity contribution < 1.29 is 18.0 Å². The molecule has 0 saturated carbocycles. The smallest absolute Gasteiger partial charge is 0.255 e. The van der Waals surface area contributed by atoms with Crippen LogP contribution in [0.25, 0.3) is 0 Å². The summed E-state index contributed by atoms with van der Waals surface area (Å²) < 4.78 is 26.3. The molecule has 0 bridgehead atoms. The zero-order valence-corrected chi connectivity index (χ0v) is 19.3. The van der Waals surface area contributed by atoms with Gasteiger partial charge in [-0.2, -0.15) is 4.31 Å². The Morgan fingerprint density at radius 1 is 1.10 bits per heavy atom. The van der Waals surface area contributed by atoms with Crippen molar-refractivity contribution in [1.29, 1.82) is 0 Å². The fourth-order valence-electron chi connectivity index (χ4n) is 2.53. The number of hydrogen-bond acceptors (Lipinski definition) is 5. The summed E-state index contributed by atoms with van der Waals surface area (Å²) in [5.41, 5.74) is 0.698. The molecule has 7 nitrogen and oxygen atoms in total. The Labute approximate surface area is 184 Å². The van der Waals surface area contributed by atoms with Crippen LogP contribution in [0.1, 0.15) is 24.2 Å². The van der Waals surface area contributed by atoms with Gasteiger partial charge in [0.1, 0.15) is 4.21 Å². The van der Waals surface area contributed by atoms with Crippen LogP contribution in [0, 0.1) is 0 Å². The number of carbonyl (C=O) groups is 2. The summed E-state index contributed by atoms with van der Waals surface area (Å²) >= 11 is 12.9. The second-order valence-electron chi connectivity index (χ2n) is 6.04. The fraction of sp³-hybridized carbons (Fsp3) is 0.333. The van der Waals surface area contributed by atoms with Crippen molar-refractivity contribution in [3.63, 3.8) is 0 Å². The summed E-state index contributed by atoms with van der Waals surface area (Å²) in [7, 11) is -2.51. The number of halogens is 2. The lowest BCUT2D eigenvalue weighted by molar-refractivity contribution is -0.116. The topological polar surface area (TPSA) is 86.8 Å². The number of likely N-dealkylation sites (N-methyl/N-ethyl adjacent to an activating group) is 1. The minimum Gasteiger partial charge on any atom is -0.339 e. The minimum atomic E-state index is -3.82. The second kappa shape index (κ2) is 9.90. The number of thiophene rings is 1. The molecule has 0 fully saturated rings. The van der Waals surface area contributed by atoms with Crippen LogP contribution in [0.3, 0.4) is 0 Å². The maximum atomic E-state index is 12.5. The first-order valence-corrected chi connectivity index (χ1v) is 11.7. The molecule has 0 saturated heterocycles. The average molecular weight is 478 g/mol. The molecule has 0 radical (unpaired) electrons. The van der Waals surface area contributed by atoms with Crippen LogP contribution in [-0.4, -0.2) is 56.1 Å². The van der Waals surface area contributed by atoms with E-state index in [1.54, 1.807) is 11.0 Å². The summed E-state index contributed by atoms with van der Waals surface area (Å²) in [5, 5.41) is 2.79. The van der Waals surface area contributed by atoms with Gasteiger partial charge >= 0.3 is 0 Å². The third kappa shape index (κ3) is 5.70. The molecule has 0 spiro atoms. The zero-order valence-electron chi connectivity index (χ0n) is 16.1. The molecule has 158 valence electrons. The molecule has 0 unspecified atom stereocenters. The van der Waals surface area contributed by atoms with Crippen LogP contribution in [0.2, 0.25) is 9.36 Å². The molecule has 0 aliphatic rings. The van der Waals surface area contributed by atoms with Gasteiger partial charge in [0.15, 0.2) is 0 Å². The van der Waals surface area contributed by atoms with Crippen molar-refractivity contribution in [2.45, 2.75) is 18.1 Å². The lowest BCUT2D eigenvalue weighted by atomic mass is 10.1. The molecule has 2 aromatic rings. The number of nitrogens with one attached hydrogen (secondary N) is 1. The highest BCUT2D eigenvalue weighted by molar-refractivity contribution is 7.91. The molecular weight excluding hydrogens is 457 g/mol. The Balaban J connectivity index is 2.07. The van der Waals surface area contributed by atoms with Crippen molar-refractivity contribution in [3.8, 4) is 0 Å². The molecule has 1 heterocycles. The molecule has 2 amide bonds. The SMILES string of the molecule is CCN(CC)C(=O)c1ccc(NC(=O)CN(C)S(=O)(=O)c2ccc(Cl)s2)cc1Cl. The first-order valence-electron chi connectivity index (χ1n) is 8.70. The zero-order chi connectivity index (χ0) is 21.8. The van der Waals surface area contributed by atoms with Gasteiger partial charge in [0.2, 0.25) is 5.91 Å². The molecule has 29 heavy (non-hydrogen) atoms. The van der Waals surface area contributed by atoms with Crippen molar-refractivity contribution >= 4 is 62.1 Å². The van der Waals surface area contributed by atoms with Crippen molar-refractivity contribution in [3.05, 3.63) is 45.3 Å². The van der Waals surface area contributed by atoms with E-state index in [1.807, 2.05) is 13.8 Å². The standard InChI is InChI=1S/C18H21Cl2N3O4S2/c1-4-23(5-2)18(25)13-7-6-12(10-14(13)19)21-16(24)11-22(3)29(26,27)17-9-8-15(20)28-17/h6-10H,4-5,11H2,1-3H3,(H,21,24). The number of anilines is 1. The van der Waals surface area contributed by atoms with E-state index < -0.39 is 22.5 Å². The van der Waals surface area contributed by atoms with E-state index in [9.17, 15) is 18.0 Å². The molecule has 0 aliphatic heterocycles. The summed E-state index contributed by atoms with van der Waals surface area (Å²) in [5.74, 6) is -0.740. The highest BCUT2D eigenvalue weighted by Crippen LogP contribution is 2.27. The van der Waals surface area contributed by atoms with Crippen LogP contribution in [0.15, 0.2) is 34.5 Å². The normalized spacial score (nSPS) is 11.5. The number of hydrogen-bond donors (Lipinski definition) is 1. The van der Waals surface area contributed by atoms with Crippen molar-refractivity contribution in [2.75, 3.05) is 32.0 Å². The van der Waals surface area contributed by atoms with Gasteiger partial charge in [-0.1, -0.05) is 23.2 Å². The van der Waals surface area contributed by atoms with Gasteiger partial charge in [-0.25, -0.2) is 8.42 Å². The van der Waals surface area contributed by atoms with Crippen LogP contribution in [0.4, 0.5) is 5.69 Å². The predicted molar refractivity (Wildman–Crippen MR) is 116 cm³/mol. The van der Waals surface area contributed by atoms with Crippen LogP contribution < -0.4 is 5.32 Å². The highest BCUT2D eigenvalue weighted by Gasteiger charge is 2.25. The third-order valence-corrected chi connectivity index (χ3v) is 7.93. The van der Waals surface area contributed by atoms with Crippen molar-refractivity contribution in [2.24, 2.45) is 0 Å². The Morgan fingerprint density at radius 2 is 1.76 bits per heavy atom. The quantitative estimate of drug-likeness (QED) is 0.626. The fourth-order valence-corrected chi connectivity index (χ4v) is 5.61. The number of carbonyl (C=O) groups excluding carboxylic acids is 2. The van der Waals surface area contributed by atoms with E-state index in [-0.39, 0.29) is 15.1 Å². The Kier molecular flexibility index (Phi) is 8.07. The Bertz CT molecular complexity index is 1000. The molecule has 1 aromatic carbocycles. The van der Waals surface area contributed by atoms with Crippen LogP contribution in [-0.2, 0) is 14.8 Å². The lowest BCUT2D eigenvalue weighted by Crippen LogP contribution is -2.34. The van der Waals surface area contributed by atoms with Gasteiger partial charge < -0.3 is 10.2 Å². The summed E-state index contributed by atoms with van der Waals surface area (Å²) in [6.07, 6.45) is 0. The third-order valence-electron chi connectivity index (χ3n) is 4.11. The van der Waals surface area contributed by atoms with Crippen LogP contribution in [0.5, 0.6) is 0 Å². The van der Waals surface area contributed by atoms with Gasteiger partial charge in [-0.3, -0.25) is 9.59 Å². The maximum absolute atomic E-state index is 12.5. The first-order chi connectivity index (χ1) is 13.6. The maximum Gasteiger partial charge on any atom is 0.255 e. The molecule has 1 N–H and O–H groups in total. The van der Waals surface area contributed by atoms with E-state index in [4.69, 9.17) is 23.2 Å². The summed E-state index contributed by atoms with van der Waals surface area (Å²) in [6.45, 7) is 4.47. The molecule has 1 aromatic heterocycles. The van der Waals surface area contributed by atoms with Gasteiger partial charge in [0.25, 0.3) is 15.9 Å². The molecule has 2 rings (SSSR count). The van der Waals surface area contributed by atoms with Gasteiger partial charge in [0, 0.05) is 25.8 Å². The molecule has 0 atom stereocenters. The number of rotatable bonds is 8. The van der Waals surface area contributed by atoms with E-state index >= 15 is 0 Å². The number of sulfonamides is 1. The predicted octanol–water partition coefficient (Wildman–Crippen LogP) is 3.80. The van der Waals surface area contributed by atoms with Gasteiger partial charge in [0.05, 0.1) is 21.5 Å².